The fourth-order valence-corrected chi connectivity index (χ4v) is 2.65. The zero-order valence-electron chi connectivity index (χ0n) is 16.9. The lowest BCUT2D eigenvalue weighted by molar-refractivity contribution is -0.469. The van der Waals surface area contributed by atoms with E-state index in [2.05, 4.69) is 19.2 Å². The van der Waals surface area contributed by atoms with Gasteiger partial charge in [0, 0.05) is 17.9 Å². The zero-order chi connectivity index (χ0) is 20.9. The van der Waals surface area contributed by atoms with E-state index < -0.39 is 17.4 Å². The maximum Gasteiger partial charge on any atom is 0.384 e. The summed E-state index contributed by atoms with van der Waals surface area (Å²) in [4.78, 5) is 32.9. The first kappa shape index (κ1) is 23.4. The van der Waals surface area contributed by atoms with Crippen LogP contribution in [0.5, 0.6) is 11.5 Å². The second-order valence-corrected chi connectivity index (χ2v) is 7.07. The molecule has 0 unspecified atom stereocenters. The van der Waals surface area contributed by atoms with E-state index in [0.29, 0.717) is 13.0 Å². The number of unbranched alkanes of at least 4 members (excludes halogenated alkanes) is 3. The maximum absolute atomic E-state index is 12.0. The first-order chi connectivity index (χ1) is 13.3. The van der Waals surface area contributed by atoms with Gasteiger partial charge in [-0.25, -0.2) is 4.79 Å². The summed E-state index contributed by atoms with van der Waals surface area (Å²) in [5.74, 6) is 0.116. The SMILES string of the molecule is COc1cc(CNC(=O)CCCCCCC(C)C)ccc1OC(=O)C[N+](=O)[O-]. The predicted octanol–water partition coefficient (Wildman–Crippen LogP) is 3.49. The molecule has 0 aliphatic rings. The minimum Gasteiger partial charge on any atom is -0.493 e. The van der Waals surface area contributed by atoms with Crippen LogP contribution < -0.4 is 14.8 Å². The summed E-state index contributed by atoms with van der Waals surface area (Å²) in [7, 11) is 1.40. The summed E-state index contributed by atoms with van der Waals surface area (Å²) in [6.07, 6.45) is 6.01. The molecular weight excluding hydrogens is 364 g/mol. The van der Waals surface area contributed by atoms with Crippen LogP contribution in [0.2, 0.25) is 0 Å². The van der Waals surface area contributed by atoms with Crippen LogP contribution in [-0.4, -0.2) is 30.5 Å². The summed E-state index contributed by atoms with van der Waals surface area (Å²) in [5.41, 5.74) is 0.774. The average molecular weight is 394 g/mol. The normalized spacial score (nSPS) is 10.6. The summed E-state index contributed by atoms with van der Waals surface area (Å²) < 4.78 is 10.1. The van der Waals surface area contributed by atoms with Gasteiger partial charge in [0.1, 0.15) is 0 Å². The Hall–Kier alpha value is -2.64. The van der Waals surface area contributed by atoms with E-state index in [0.717, 1.165) is 30.7 Å². The van der Waals surface area contributed by atoms with Crippen molar-refractivity contribution < 1.29 is 24.0 Å². The van der Waals surface area contributed by atoms with E-state index in [1.54, 1.807) is 12.1 Å². The van der Waals surface area contributed by atoms with Gasteiger partial charge in [0.05, 0.1) is 7.11 Å². The van der Waals surface area contributed by atoms with Crippen molar-refractivity contribution in [3.63, 3.8) is 0 Å². The molecule has 8 heteroatoms. The Kier molecular flexibility index (Phi) is 10.6. The zero-order valence-corrected chi connectivity index (χ0v) is 16.9. The molecule has 0 radical (unpaired) electrons. The molecule has 8 nitrogen and oxygen atoms in total. The molecule has 0 aromatic heterocycles. The number of nitrogens with one attached hydrogen (secondary N) is 1. The number of nitro groups is 1. The fraction of sp³-hybridized carbons (Fsp3) is 0.600. The number of methoxy groups -OCH3 is 1. The molecule has 0 aliphatic heterocycles. The number of benzene rings is 1. The monoisotopic (exact) mass is 394 g/mol. The Morgan fingerprint density at radius 1 is 1.14 bits per heavy atom. The van der Waals surface area contributed by atoms with E-state index >= 15 is 0 Å². The Balaban J connectivity index is 2.40. The third kappa shape index (κ3) is 9.89. The molecule has 1 aromatic rings. The second-order valence-electron chi connectivity index (χ2n) is 7.07. The first-order valence-corrected chi connectivity index (χ1v) is 9.58. The molecule has 0 saturated carbocycles. The quantitative estimate of drug-likeness (QED) is 0.180. The van der Waals surface area contributed by atoms with E-state index in [9.17, 15) is 19.7 Å². The Morgan fingerprint density at radius 2 is 1.86 bits per heavy atom. The van der Waals surface area contributed by atoms with Crippen LogP contribution in [0.4, 0.5) is 0 Å². The van der Waals surface area contributed by atoms with E-state index in [1.807, 2.05) is 0 Å². The van der Waals surface area contributed by atoms with Gasteiger partial charge in [-0.1, -0.05) is 45.6 Å². The Morgan fingerprint density at radius 3 is 2.50 bits per heavy atom. The van der Waals surface area contributed by atoms with Crippen molar-refractivity contribution in [1.82, 2.24) is 5.32 Å². The standard InChI is InChI=1S/C20H30N2O6/c1-15(2)8-6-4-5-7-9-19(23)21-13-16-10-11-17(18(12-16)27-3)28-20(24)14-22(25)26/h10-12,15H,4-9,13-14H2,1-3H3,(H,21,23). The highest BCUT2D eigenvalue weighted by molar-refractivity contribution is 5.76. The summed E-state index contributed by atoms with van der Waals surface area (Å²) >= 11 is 0. The fourth-order valence-electron chi connectivity index (χ4n) is 2.65. The summed E-state index contributed by atoms with van der Waals surface area (Å²) in [6.45, 7) is 3.83. The van der Waals surface area contributed by atoms with Crippen molar-refractivity contribution in [2.75, 3.05) is 13.7 Å². The van der Waals surface area contributed by atoms with Crippen LogP contribution in [0.15, 0.2) is 18.2 Å². The van der Waals surface area contributed by atoms with Crippen LogP contribution in [0, 0.1) is 16.0 Å². The largest absolute Gasteiger partial charge is 0.493 e. The van der Waals surface area contributed by atoms with Crippen molar-refractivity contribution in [3.05, 3.63) is 33.9 Å². The second kappa shape index (κ2) is 12.7. The topological polar surface area (TPSA) is 108 Å². The average Bonchev–Trinajstić information content (AvgIpc) is 2.62. The molecule has 1 amide bonds. The Bertz CT molecular complexity index is 660. The molecule has 0 aliphatic carbocycles. The number of carbonyl (C=O) groups is 2. The lowest BCUT2D eigenvalue weighted by atomic mass is 10.0. The number of hydrogen-bond donors (Lipinski definition) is 1. The van der Waals surface area contributed by atoms with Gasteiger partial charge >= 0.3 is 5.97 Å². The smallest absolute Gasteiger partial charge is 0.384 e. The molecule has 0 atom stereocenters. The van der Waals surface area contributed by atoms with Gasteiger partial charge in [-0.3, -0.25) is 14.9 Å². The third-order valence-electron chi connectivity index (χ3n) is 4.14. The van der Waals surface area contributed by atoms with Gasteiger partial charge < -0.3 is 14.8 Å². The van der Waals surface area contributed by atoms with E-state index in [4.69, 9.17) is 9.47 Å². The van der Waals surface area contributed by atoms with Gasteiger partial charge in [0.25, 0.3) is 6.54 Å². The van der Waals surface area contributed by atoms with Gasteiger partial charge in [-0.2, -0.15) is 0 Å². The maximum atomic E-state index is 12.0. The lowest BCUT2D eigenvalue weighted by Crippen LogP contribution is -2.22. The van der Waals surface area contributed by atoms with Crippen LogP contribution in [0.1, 0.15) is 57.9 Å². The van der Waals surface area contributed by atoms with Crippen molar-refractivity contribution in [2.24, 2.45) is 5.92 Å². The molecule has 156 valence electrons. The molecule has 0 bridgehead atoms. The summed E-state index contributed by atoms with van der Waals surface area (Å²) in [6, 6.07) is 4.79. The number of carbonyl (C=O) groups excluding carboxylic acids is 2. The van der Waals surface area contributed by atoms with Crippen molar-refractivity contribution >= 4 is 11.9 Å². The highest BCUT2D eigenvalue weighted by atomic mass is 16.6. The van der Waals surface area contributed by atoms with Crippen LogP contribution in [0.3, 0.4) is 0 Å². The van der Waals surface area contributed by atoms with E-state index in [-0.39, 0.29) is 17.4 Å². The highest BCUT2D eigenvalue weighted by Gasteiger charge is 2.15. The molecular formula is C20H30N2O6. The third-order valence-corrected chi connectivity index (χ3v) is 4.14. The Labute approximate surface area is 165 Å². The molecule has 1 aromatic carbocycles. The first-order valence-electron chi connectivity index (χ1n) is 9.58. The number of nitrogens with zero attached hydrogens (tertiary/aromatic N) is 1. The number of esters is 1. The van der Waals surface area contributed by atoms with Crippen LogP contribution in [0.25, 0.3) is 0 Å². The van der Waals surface area contributed by atoms with Crippen LogP contribution >= 0.6 is 0 Å². The molecule has 0 spiro atoms. The minimum atomic E-state index is -0.974. The molecule has 1 N–H and O–H groups in total. The lowest BCUT2D eigenvalue weighted by Gasteiger charge is -2.11. The van der Waals surface area contributed by atoms with Crippen molar-refractivity contribution in [1.29, 1.82) is 0 Å². The number of hydrogen-bond acceptors (Lipinski definition) is 6. The number of rotatable bonds is 13. The molecule has 0 fully saturated rings. The van der Waals surface area contributed by atoms with Gasteiger partial charge in [0.2, 0.25) is 5.91 Å². The van der Waals surface area contributed by atoms with E-state index in [1.165, 1.54) is 26.0 Å². The van der Waals surface area contributed by atoms with Gasteiger partial charge in [0.15, 0.2) is 11.5 Å². The molecule has 1 rings (SSSR count). The molecule has 0 saturated heterocycles. The summed E-state index contributed by atoms with van der Waals surface area (Å²) in [5, 5.41) is 13.2. The number of amides is 1. The predicted molar refractivity (Wildman–Crippen MR) is 105 cm³/mol. The highest BCUT2D eigenvalue weighted by Crippen LogP contribution is 2.28. The van der Waals surface area contributed by atoms with Crippen molar-refractivity contribution in [3.8, 4) is 11.5 Å². The van der Waals surface area contributed by atoms with Gasteiger partial charge in [-0.15, -0.1) is 0 Å². The van der Waals surface area contributed by atoms with Crippen molar-refractivity contribution in [2.45, 2.75) is 58.9 Å². The minimum absolute atomic E-state index is 0.00989. The molecule has 28 heavy (non-hydrogen) atoms. The molecule has 0 heterocycles. The van der Waals surface area contributed by atoms with Crippen LogP contribution in [-0.2, 0) is 16.1 Å². The van der Waals surface area contributed by atoms with Gasteiger partial charge in [-0.05, 0) is 30.0 Å². The number of ether oxygens (including phenoxy) is 2.